The normalized spacial score (nSPS) is 11.7. The smallest absolute Gasteiger partial charge is 0.262 e. The van der Waals surface area contributed by atoms with E-state index in [4.69, 9.17) is 5.73 Å². The van der Waals surface area contributed by atoms with Crippen molar-refractivity contribution >= 4 is 42.8 Å². The number of aryl methyl sites for hydroxylation is 1. The molecular formula is C15H14N2O2S2. The van der Waals surface area contributed by atoms with Gasteiger partial charge in [-0.3, -0.25) is 4.72 Å². The molecule has 6 heteroatoms. The molecule has 0 atom stereocenters. The van der Waals surface area contributed by atoms with E-state index in [0.717, 1.165) is 10.1 Å². The third kappa shape index (κ3) is 2.72. The molecule has 3 N–H and O–H groups in total. The number of anilines is 2. The van der Waals surface area contributed by atoms with E-state index in [9.17, 15) is 8.42 Å². The van der Waals surface area contributed by atoms with Gasteiger partial charge < -0.3 is 5.73 Å². The van der Waals surface area contributed by atoms with Crippen molar-refractivity contribution in [2.75, 3.05) is 10.5 Å². The zero-order chi connectivity index (χ0) is 15.0. The molecule has 0 saturated heterocycles. The van der Waals surface area contributed by atoms with Crippen LogP contribution in [0.1, 0.15) is 5.56 Å². The number of thiophene rings is 1. The Morgan fingerprint density at radius 3 is 2.71 bits per heavy atom. The molecule has 108 valence electrons. The standard InChI is InChI=1S/C15H14N2O2S2/c1-10-2-3-12(16)9-15(10)21(18,19)17-13-4-5-14-11(8-13)6-7-20-14/h2-9,17H,16H2,1H3. The quantitative estimate of drug-likeness (QED) is 0.725. The molecule has 0 unspecified atom stereocenters. The molecule has 0 bridgehead atoms. The molecule has 0 aliphatic rings. The second-order valence-corrected chi connectivity index (χ2v) is 7.40. The molecule has 4 nitrogen and oxygen atoms in total. The van der Waals surface area contributed by atoms with Gasteiger partial charge in [-0.15, -0.1) is 11.3 Å². The van der Waals surface area contributed by atoms with Crippen LogP contribution in [0.15, 0.2) is 52.7 Å². The topological polar surface area (TPSA) is 72.2 Å². The first-order valence-corrected chi connectivity index (χ1v) is 8.68. The summed E-state index contributed by atoms with van der Waals surface area (Å²) in [5.41, 5.74) is 7.32. The number of nitrogens with two attached hydrogens (primary N) is 1. The van der Waals surface area contributed by atoms with E-state index < -0.39 is 10.0 Å². The minimum absolute atomic E-state index is 0.202. The fourth-order valence-electron chi connectivity index (χ4n) is 2.15. The van der Waals surface area contributed by atoms with Gasteiger partial charge in [0.05, 0.1) is 4.90 Å². The van der Waals surface area contributed by atoms with Crippen molar-refractivity contribution < 1.29 is 8.42 Å². The van der Waals surface area contributed by atoms with Gasteiger partial charge in [0.15, 0.2) is 0 Å². The SMILES string of the molecule is Cc1ccc(N)cc1S(=O)(=O)Nc1ccc2sccc2c1. The number of nitrogen functional groups attached to an aromatic ring is 1. The van der Waals surface area contributed by atoms with E-state index >= 15 is 0 Å². The molecule has 0 fully saturated rings. The van der Waals surface area contributed by atoms with Crippen LogP contribution in [0.4, 0.5) is 11.4 Å². The van der Waals surface area contributed by atoms with E-state index in [1.807, 2.05) is 23.6 Å². The van der Waals surface area contributed by atoms with Gasteiger partial charge in [-0.25, -0.2) is 8.42 Å². The third-order valence-corrected chi connectivity index (χ3v) is 5.63. The van der Waals surface area contributed by atoms with Crippen molar-refractivity contribution in [1.29, 1.82) is 0 Å². The molecule has 0 saturated carbocycles. The minimum Gasteiger partial charge on any atom is -0.399 e. The Hall–Kier alpha value is -2.05. The molecule has 0 radical (unpaired) electrons. The Labute approximate surface area is 127 Å². The average molecular weight is 318 g/mol. The summed E-state index contributed by atoms with van der Waals surface area (Å²) in [6, 6.07) is 12.3. The fourth-order valence-corrected chi connectivity index (χ4v) is 4.25. The van der Waals surface area contributed by atoms with Gasteiger partial charge >= 0.3 is 0 Å². The molecule has 0 aliphatic carbocycles. The maximum absolute atomic E-state index is 12.5. The van der Waals surface area contributed by atoms with E-state index in [1.165, 1.54) is 6.07 Å². The average Bonchev–Trinajstić information content (AvgIpc) is 2.88. The van der Waals surface area contributed by atoms with Crippen LogP contribution in [0.5, 0.6) is 0 Å². The van der Waals surface area contributed by atoms with Crippen LogP contribution in [-0.4, -0.2) is 8.42 Å². The second-order valence-electron chi connectivity index (χ2n) is 4.80. The maximum atomic E-state index is 12.5. The van der Waals surface area contributed by atoms with Gasteiger partial charge in [0.1, 0.15) is 0 Å². The summed E-state index contributed by atoms with van der Waals surface area (Å²) in [6.45, 7) is 1.75. The predicted molar refractivity (Wildman–Crippen MR) is 88.2 cm³/mol. The highest BCUT2D eigenvalue weighted by Crippen LogP contribution is 2.26. The highest BCUT2D eigenvalue weighted by molar-refractivity contribution is 7.92. The molecule has 0 spiro atoms. The lowest BCUT2D eigenvalue weighted by molar-refractivity contribution is 0.600. The number of nitrogens with one attached hydrogen (secondary N) is 1. The Balaban J connectivity index is 2.00. The van der Waals surface area contributed by atoms with Crippen LogP contribution in [0.25, 0.3) is 10.1 Å². The number of sulfonamides is 1. The lowest BCUT2D eigenvalue weighted by Gasteiger charge is -2.11. The molecule has 2 aromatic carbocycles. The Morgan fingerprint density at radius 2 is 1.90 bits per heavy atom. The number of rotatable bonds is 3. The maximum Gasteiger partial charge on any atom is 0.262 e. The second kappa shape index (κ2) is 5.05. The zero-order valence-corrected chi connectivity index (χ0v) is 13.0. The number of hydrogen-bond donors (Lipinski definition) is 2. The lowest BCUT2D eigenvalue weighted by atomic mass is 10.2. The van der Waals surface area contributed by atoms with Crippen LogP contribution in [0, 0.1) is 6.92 Å². The van der Waals surface area contributed by atoms with Crippen LogP contribution in [0.3, 0.4) is 0 Å². The van der Waals surface area contributed by atoms with Crippen molar-refractivity contribution in [2.45, 2.75) is 11.8 Å². The molecule has 1 heterocycles. The predicted octanol–water partition coefficient (Wildman–Crippen LogP) is 3.59. The Kier molecular flexibility index (Phi) is 3.35. The molecule has 0 amide bonds. The third-order valence-electron chi connectivity index (χ3n) is 3.21. The van der Waals surface area contributed by atoms with Gasteiger partial charge in [-0.05, 0) is 59.7 Å². The van der Waals surface area contributed by atoms with Gasteiger partial charge in [-0.1, -0.05) is 6.07 Å². The summed E-state index contributed by atoms with van der Waals surface area (Å²) < 4.78 is 28.7. The van der Waals surface area contributed by atoms with Crippen LogP contribution in [-0.2, 0) is 10.0 Å². The van der Waals surface area contributed by atoms with Crippen molar-refractivity contribution in [1.82, 2.24) is 0 Å². The summed E-state index contributed by atoms with van der Waals surface area (Å²) in [5, 5.41) is 3.00. The minimum atomic E-state index is -3.64. The van der Waals surface area contributed by atoms with Crippen molar-refractivity contribution in [2.24, 2.45) is 0 Å². The summed E-state index contributed by atoms with van der Waals surface area (Å²) in [6.07, 6.45) is 0. The van der Waals surface area contributed by atoms with Crippen molar-refractivity contribution in [3.05, 3.63) is 53.4 Å². The van der Waals surface area contributed by atoms with Crippen LogP contribution >= 0.6 is 11.3 Å². The summed E-state index contributed by atoms with van der Waals surface area (Å²) in [4.78, 5) is 0.202. The highest BCUT2D eigenvalue weighted by Gasteiger charge is 2.17. The lowest BCUT2D eigenvalue weighted by Crippen LogP contribution is -2.14. The van der Waals surface area contributed by atoms with Gasteiger partial charge in [0.2, 0.25) is 0 Å². The van der Waals surface area contributed by atoms with Crippen molar-refractivity contribution in [3.8, 4) is 0 Å². The first-order chi connectivity index (χ1) is 9.95. The summed E-state index contributed by atoms with van der Waals surface area (Å²) in [7, 11) is -3.64. The first-order valence-electron chi connectivity index (χ1n) is 6.32. The van der Waals surface area contributed by atoms with E-state index in [1.54, 1.807) is 36.5 Å². The van der Waals surface area contributed by atoms with Gasteiger partial charge in [-0.2, -0.15) is 0 Å². The zero-order valence-electron chi connectivity index (χ0n) is 11.3. The van der Waals surface area contributed by atoms with E-state index in [0.29, 0.717) is 16.9 Å². The molecular weight excluding hydrogens is 304 g/mol. The van der Waals surface area contributed by atoms with Crippen molar-refractivity contribution in [3.63, 3.8) is 0 Å². The summed E-state index contributed by atoms with van der Waals surface area (Å²) in [5.74, 6) is 0. The van der Waals surface area contributed by atoms with E-state index in [2.05, 4.69) is 4.72 Å². The fraction of sp³-hybridized carbons (Fsp3) is 0.0667. The van der Waals surface area contributed by atoms with Gasteiger partial charge in [0, 0.05) is 16.1 Å². The van der Waals surface area contributed by atoms with E-state index in [-0.39, 0.29) is 4.90 Å². The largest absolute Gasteiger partial charge is 0.399 e. The molecule has 1 aromatic heterocycles. The molecule has 21 heavy (non-hydrogen) atoms. The van der Waals surface area contributed by atoms with Gasteiger partial charge in [0.25, 0.3) is 10.0 Å². The summed E-state index contributed by atoms with van der Waals surface area (Å²) >= 11 is 1.62. The molecule has 3 aromatic rings. The monoisotopic (exact) mass is 318 g/mol. The molecule has 0 aliphatic heterocycles. The number of fused-ring (bicyclic) bond motifs is 1. The first kappa shape index (κ1) is 13.9. The van der Waals surface area contributed by atoms with Crippen LogP contribution in [0.2, 0.25) is 0 Å². The molecule has 3 rings (SSSR count). The number of benzene rings is 2. The number of hydrogen-bond acceptors (Lipinski definition) is 4. The Bertz CT molecular complexity index is 914. The Morgan fingerprint density at radius 1 is 1.10 bits per heavy atom. The highest BCUT2D eigenvalue weighted by atomic mass is 32.2. The van der Waals surface area contributed by atoms with Crippen LogP contribution < -0.4 is 10.5 Å².